The first kappa shape index (κ1) is 26.5. The highest BCUT2D eigenvalue weighted by Crippen LogP contribution is 2.39. The second kappa shape index (κ2) is 10.4. The molecule has 1 N–H and O–H groups in total. The van der Waals surface area contributed by atoms with Crippen LogP contribution in [-0.2, 0) is 23.9 Å². The number of alkyl halides is 3. The number of imidazole rings is 2. The first-order chi connectivity index (χ1) is 19.8. The lowest BCUT2D eigenvalue weighted by atomic mass is 9.72. The molecule has 2 aliphatic heterocycles. The zero-order valence-corrected chi connectivity index (χ0v) is 23.1. The number of H-pyrrole nitrogens is 1. The number of halogens is 3. The summed E-state index contributed by atoms with van der Waals surface area (Å²) in [7, 11) is 0. The van der Waals surface area contributed by atoms with E-state index in [0.717, 1.165) is 53.8 Å². The number of anilines is 1. The Balaban J connectivity index is 1.33. The van der Waals surface area contributed by atoms with Crippen molar-refractivity contribution in [1.29, 1.82) is 0 Å². The Morgan fingerprint density at radius 1 is 1.10 bits per heavy atom. The van der Waals surface area contributed by atoms with Crippen LogP contribution < -0.4 is 4.90 Å². The third-order valence-electron chi connectivity index (χ3n) is 9.12. The lowest BCUT2D eigenvalue weighted by Gasteiger charge is -2.46. The molecule has 1 aliphatic carbocycles. The van der Waals surface area contributed by atoms with Gasteiger partial charge in [0.25, 0.3) is 0 Å². The van der Waals surface area contributed by atoms with Crippen LogP contribution in [0.3, 0.4) is 0 Å². The van der Waals surface area contributed by atoms with E-state index < -0.39 is 11.7 Å². The van der Waals surface area contributed by atoms with Gasteiger partial charge < -0.3 is 14.6 Å². The van der Waals surface area contributed by atoms with Crippen molar-refractivity contribution in [3.8, 4) is 11.4 Å². The maximum absolute atomic E-state index is 13.8. The summed E-state index contributed by atoms with van der Waals surface area (Å²) < 4.78 is 48.8. The normalized spacial score (nSPS) is 19.1. The minimum atomic E-state index is -4.41. The summed E-state index contributed by atoms with van der Waals surface area (Å²) in [6, 6.07) is 6.43. The standard InChI is InChI=1S/C30H34F3N7O/c1-19-21(6-3-7-24(19)30(31,32)33)14-26-25(18-38-16-22(17-38)20-4-2-5-20)36-29-23(28-34-8-9-35-28)15-27(37-40(26)29)39-10-12-41-13-11-39/h3,6-9,15,20,22H,2,4-5,10-14,16-18H2,1H3,(H,34,35). The predicted molar refractivity (Wildman–Crippen MR) is 149 cm³/mol. The average molecular weight is 566 g/mol. The molecule has 11 heteroatoms. The van der Waals surface area contributed by atoms with Gasteiger partial charge in [0.2, 0.25) is 0 Å². The van der Waals surface area contributed by atoms with Crippen molar-refractivity contribution in [1.82, 2.24) is 29.5 Å². The van der Waals surface area contributed by atoms with E-state index in [9.17, 15) is 13.2 Å². The zero-order valence-electron chi connectivity index (χ0n) is 23.1. The van der Waals surface area contributed by atoms with E-state index >= 15 is 0 Å². The first-order valence-corrected chi connectivity index (χ1v) is 14.5. The van der Waals surface area contributed by atoms with Crippen molar-refractivity contribution in [3.05, 3.63) is 64.7 Å². The van der Waals surface area contributed by atoms with Gasteiger partial charge in [-0.2, -0.15) is 13.2 Å². The number of morpholine rings is 1. The van der Waals surface area contributed by atoms with Crippen LogP contribution >= 0.6 is 0 Å². The largest absolute Gasteiger partial charge is 0.416 e. The van der Waals surface area contributed by atoms with Crippen molar-refractivity contribution in [2.45, 2.75) is 45.3 Å². The molecule has 0 atom stereocenters. The van der Waals surface area contributed by atoms with Gasteiger partial charge in [0.15, 0.2) is 11.5 Å². The van der Waals surface area contributed by atoms with E-state index in [0.29, 0.717) is 56.3 Å². The molecule has 5 heterocycles. The summed E-state index contributed by atoms with van der Waals surface area (Å²) in [4.78, 5) is 17.4. The number of benzene rings is 1. The van der Waals surface area contributed by atoms with Gasteiger partial charge in [0, 0.05) is 51.5 Å². The molecule has 41 heavy (non-hydrogen) atoms. The molecule has 3 aromatic heterocycles. The van der Waals surface area contributed by atoms with Crippen LogP contribution in [0.25, 0.3) is 17.0 Å². The Kier molecular flexibility index (Phi) is 6.73. The molecule has 4 aromatic rings. The number of nitrogens with one attached hydrogen (secondary N) is 1. The van der Waals surface area contributed by atoms with Crippen molar-refractivity contribution < 1.29 is 17.9 Å². The molecule has 2 saturated heterocycles. The van der Waals surface area contributed by atoms with E-state index in [1.165, 1.54) is 25.3 Å². The minimum absolute atomic E-state index is 0.241. The molecule has 7 rings (SSSR count). The maximum Gasteiger partial charge on any atom is 0.416 e. The topological polar surface area (TPSA) is 74.6 Å². The molecule has 1 aromatic carbocycles. The highest BCUT2D eigenvalue weighted by atomic mass is 19.4. The predicted octanol–water partition coefficient (Wildman–Crippen LogP) is 5.11. The van der Waals surface area contributed by atoms with Crippen LogP contribution in [0.4, 0.5) is 19.0 Å². The SMILES string of the molecule is Cc1c(Cc2c(CN3CC(C4CCC4)C3)nc3c(-c4ncc[nH]4)cc(N4CCOCC4)nn23)cccc1C(F)(F)F. The highest BCUT2D eigenvalue weighted by Gasteiger charge is 2.37. The molecule has 0 radical (unpaired) electrons. The van der Waals surface area contributed by atoms with Crippen LogP contribution in [0.2, 0.25) is 0 Å². The summed E-state index contributed by atoms with van der Waals surface area (Å²) in [6.07, 6.45) is 3.35. The Morgan fingerprint density at radius 2 is 1.90 bits per heavy atom. The first-order valence-electron chi connectivity index (χ1n) is 14.5. The van der Waals surface area contributed by atoms with Gasteiger partial charge in [-0.05, 0) is 42.0 Å². The van der Waals surface area contributed by atoms with Crippen LogP contribution in [0.15, 0.2) is 36.7 Å². The Bertz CT molecular complexity index is 1530. The van der Waals surface area contributed by atoms with E-state index in [4.69, 9.17) is 14.8 Å². The molecule has 3 aliphatic rings. The Morgan fingerprint density at radius 3 is 2.59 bits per heavy atom. The highest BCUT2D eigenvalue weighted by molar-refractivity contribution is 5.76. The molecule has 8 nitrogen and oxygen atoms in total. The smallest absolute Gasteiger partial charge is 0.378 e. The number of likely N-dealkylation sites (tertiary alicyclic amines) is 1. The summed E-state index contributed by atoms with van der Waals surface area (Å²) in [5.74, 6) is 3.02. The fraction of sp³-hybridized carbons (Fsp3) is 0.500. The monoisotopic (exact) mass is 565 g/mol. The lowest BCUT2D eigenvalue weighted by Crippen LogP contribution is -2.50. The van der Waals surface area contributed by atoms with Crippen molar-refractivity contribution in [2.75, 3.05) is 44.3 Å². The van der Waals surface area contributed by atoms with E-state index in [2.05, 4.69) is 19.8 Å². The van der Waals surface area contributed by atoms with Crippen LogP contribution in [0.1, 0.15) is 47.3 Å². The molecule has 0 spiro atoms. The summed E-state index contributed by atoms with van der Waals surface area (Å²) >= 11 is 0. The number of hydrogen-bond donors (Lipinski definition) is 1. The van der Waals surface area contributed by atoms with Crippen LogP contribution in [0, 0.1) is 18.8 Å². The van der Waals surface area contributed by atoms with Gasteiger partial charge in [-0.15, -0.1) is 5.10 Å². The fourth-order valence-electron chi connectivity index (χ4n) is 6.46. The Hall–Kier alpha value is -3.44. The molecular formula is C30H34F3N7O. The van der Waals surface area contributed by atoms with Crippen molar-refractivity contribution >= 4 is 11.5 Å². The summed E-state index contributed by atoms with van der Waals surface area (Å²) in [5.41, 5.74) is 3.40. The molecule has 0 bridgehead atoms. The molecule has 0 amide bonds. The molecular weight excluding hydrogens is 531 g/mol. The van der Waals surface area contributed by atoms with E-state index in [-0.39, 0.29) is 5.56 Å². The van der Waals surface area contributed by atoms with Gasteiger partial charge in [-0.25, -0.2) is 14.5 Å². The maximum atomic E-state index is 13.8. The second-order valence-electron chi connectivity index (χ2n) is 11.6. The summed E-state index contributed by atoms with van der Waals surface area (Å²) in [5, 5.41) is 5.05. The molecule has 1 saturated carbocycles. The lowest BCUT2D eigenvalue weighted by molar-refractivity contribution is -0.138. The van der Waals surface area contributed by atoms with Gasteiger partial charge >= 0.3 is 6.18 Å². The third kappa shape index (κ3) is 4.99. The number of hydrogen-bond acceptors (Lipinski definition) is 6. The van der Waals surface area contributed by atoms with Crippen LogP contribution in [-0.4, -0.2) is 68.9 Å². The number of nitrogens with zero attached hydrogens (tertiary/aromatic N) is 6. The number of aromatic amines is 1. The van der Waals surface area contributed by atoms with Gasteiger partial charge in [-0.1, -0.05) is 31.4 Å². The van der Waals surface area contributed by atoms with E-state index in [1.807, 2.05) is 10.6 Å². The van der Waals surface area contributed by atoms with Crippen molar-refractivity contribution in [2.24, 2.45) is 11.8 Å². The average Bonchev–Trinajstić information content (AvgIpc) is 3.56. The Labute approximate surface area is 236 Å². The molecule has 216 valence electrons. The second-order valence-corrected chi connectivity index (χ2v) is 11.6. The number of rotatable bonds is 7. The zero-order chi connectivity index (χ0) is 28.1. The molecule has 3 fully saturated rings. The number of fused-ring (bicyclic) bond motifs is 1. The fourth-order valence-corrected chi connectivity index (χ4v) is 6.46. The van der Waals surface area contributed by atoms with E-state index in [1.54, 1.807) is 25.4 Å². The minimum Gasteiger partial charge on any atom is -0.378 e. The van der Waals surface area contributed by atoms with Gasteiger partial charge in [0.1, 0.15) is 5.82 Å². The summed E-state index contributed by atoms with van der Waals surface area (Å²) in [6.45, 7) is 6.91. The quantitative estimate of drug-likeness (QED) is 0.336. The molecule has 0 unspecified atom stereocenters. The number of aromatic nitrogens is 5. The van der Waals surface area contributed by atoms with Gasteiger partial charge in [-0.3, -0.25) is 4.90 Å². The number of ether oxygens (including phenoxy) is 1. The third-order valence-corrected chi connectivity index (χ3v) is 9.12. The van der Waals surface area contributed by atoms with Crippen molar-refractivity contribution in [3.63, 3.8) is 0 Å². The van der Waals surface area contributed by atoms with Gasteiger partial charge in [0.05, 0.1) is 35.7 Å². The van der Waals surface area contributed by atoms with Crippen LogP contribution in [0.5, 0.6) is 0 Å².